The minimum Gasteiger partial charge on any atom is -0.466 e. The highest BCUT2D eigenvalue weighted by Gasteiger charge is 2.32. The fraction of sp³-hybridized carbons (Fsp3) is 0.474. The maximum Gasteiger partial charge on any atom is 0.417 e. The molecule has 0 aliphatic carbocycles. The van der Waals surface area contributed by atoms with Crippen molar-refractivity contribution in [3.63, 3.8) is 0 Å². The van der Waals surface area contributed by atoms with Crippen molar-refractivity contribution in [3.8, 4) is 5.82 Å². The fourth-order valence-electron chi connectivity index (χ4n) is 3.28. The van der Waals surface area contributed by atoms with Crippen LogP contribution in [-0.2, 0) is 15.7 Å². The molecule has 0 spiro atoms. The highest BCUT2D eigenvalue weighted by atomic mass is 19.4. The van der Waals surface area contributed by atoms with Crippen molar-refractivity contribution in [1.29, 1.82) is 0 Å². The number of esters is 1. The summed E-state index contributed by atoms with van der Waals surface area (Å²) in [6, 6.07) is 2.13. The first kappa shape index (κ1) is 20.8. The van der Waals surface area contributed by atoms with Crippen molar-refractivity contribution in [2.45, 2.75) is 32.9 Å². The molecule has 3 heterocycles. The third kappa shape index (κ3) is 4.41. The Labute approximate surface area is 165 Å². The summed E-state index contributed by atoms with van der Waals surface area (Å²) in [5.74, 6) is -0.491. The molecule has 0 radical (unpaired) electrons. The van der Waals surface area contributed by atoms with E-state index in [1.54, 1.807) is 18.7 Å². The lowest BCUT2D eigenvalue weighted by Gasteiger charge is -2.30. The minimum atomic E-state index is -4.47. The Balaban J connectivity index is 1.71. The van der Waals surface area contributed by atoms with E-state index >= 15 is 0 Å². The Morgan fingerprint density at radius 3 is 2.45 bits per heavy atom. The molecule has 0 aromatic carbocycles. The summed E-state index contributed by atoms with van der Waals surface area (Å²) in [5, 5.41) is 4.11. The number of ether oxygens (including phenoxy) is 1. The molecule has 0 N–H and O–H groups in total. The van der Waals surface area contributed by atoms with E-state index in [9.17, 15) is 22.8 Å². The number of alkyl halides is 3. The van der Waals surface area contributed by atoms with Gasteiger partial charge in [0.1, 0.15) is 0 Å². The summed E-state index contributed by atoms with van der Waals surface area (Å²) in [6.45, 7) is 4.58. The molecule has 0 atom stereocenters. The number of rotatable bonds is 4. The van der Waals surface area contributed by atoms with Crippen LogP contribution in [-0.4, -0.2) is 51.2 Å². The molecule has 0 saturated carbocycles. The maximum atomic E-state index is 12.8. The van der Waals surface area contributed by atoms with E-state index in [0.29, 0.717) is 43.8 Å². The van der Waals surface area contributed by atoms with Crippen LogP contribution in [0.3, 0.4) is 0 Å². The molecule has 0 bridgehead atoms. The van der Waals surface area contributed by atoms with Gasteiger partial charge in [-0.2, -0.15) is 18.3 Å². The summed E-state index contributed by atoms with van der Waals surface area (Å²) in [6.07, 6.45) is -1.30. The van der Waals surface area contributed by atoms with E-state index < -0.39 is 11.7 Å². The van der Waals surface area contributed by atoms with E-state index in [2.05, 4.69) is 10.1 Å². The first-order valence-electron chi connectivity index (χ1n) is 9.26. The second-order valence-electron chi connectivity index (χ2n) is 6.78. The standard InChI is InChI=1S/C19H21F3N4O3/c1-3-29-18(28)13-6-8-25(9-7-13)17(27)15-11-24-26(12(15)2)16-5-4-14(10-23-16)19(20,21)22/h4-5,10-11,13H,3,6-9H2,1-2H3. The third-order valence-corrected chi connectivity index (χ3v) is 4.93. The second-order valence-corrected chi connectivity index (χ2v) is 6.78. The topological polar surface area (TPSA) is 77.3 Å². The predicted octanol–water partition coefficient (Wildman–Crippen LogP) is 3.01. The number of nitrogens with zero attached hydrogens (tertiary/aromatic N) is 4. The zero-order valence-electron chi connectivity index (χ0n) is 16.1. The summed E-state index contributed by atoms with van der Waals surface area (Å²) >= 11 is 0. The van der Waals surface area contributed by atoms with E-state index in [0.717, 1.165) is 12.3 Å². The molecule has 10 heteroatoms. The normalized spacial score (nSPS) is 15.4. The van der Waals surface area contributed by atoms with Crippen LogP contribution in [0.5, 0.6) is 0 Å². The van der Waals surface area contributed by atoms with Gasteiger partial charge in [-0.05, 0) is 38.8 Å². The quantitative estimate of drug-likeness (QED) is 0.725. The van der Waals surface area contributed by atoms with Gasteiger partial charge in [0.15, 0.2) is 5.82 Å². The molecule has 1 aliphatic rings. The van der Waals surface area contributed by atoms with Gasteiger partial charge in [-0.3, -0.25) is 9.59 Å². The lowest BCUT2D eigenvalue weighted by Crippen LogP contribution is -2.40. The number of carbonyl (C=O) groups is 2. The summed E-state index contributed by atoms with van der Waals surface area (Å²) in [4.78, 5) is 30.1. The average Bonchev–Trinajstić information content (AvgIpc) is 3.08. The van der Waals surface area contributed by atoms with Gasteiger partial charge in [-0.15, -0.1) is 0 Å². The molecule has 29 heavy (non-hydrogen) atoms. The largest absolute Gasteiger partial charge is 0.466 e. The number of carbonyl (C=O) groups excluding carboxylic acids is 2. The van der Waals surface area contributed by atoms with Gasteiger partial charge in [0.2, 0.25) is 0 Å². The molecular formula is C19H21F3N4O3. The molecule has 1 amide bonds. The van der Waals surface area contributed by atoms with E-state index in [1.807, 2.05) is 0 Å². The minimum absolute atomic E-state index is 0.190. The lowest BCUT2D eigenvalue weighted by molar-refractivity contribution is -0.149. The van der Waals surface area contributed by atoms with Gasteiger partial charge in [-0.1, -0.05) is 0 Å². The maximum absolute atomic E-state index is 12.8. The number of piperidine rings is 1. The second kappa shape index (κ2) is 8.22. The van der Waals surface area contributed by atoms with Crippen LogP contribution < -0.4 is 0 Å². The molecule has 2 aromatic rings. The Morgan fingerprint density at radius 1 is 1.21 bits per heavy atom. The van der Waals surface area contributed by atoms with E-state index in [4.69, 9.17) is 4.74 Å². The molecular weight excluding hydrogens is 389 g/mol. The zero-order valence-corrected chi connectivity index (χ0v) is 16.1. The Hall–Kier alpha value is -2.91. The highest BCUT2D eigenvalue weighted by Crippen LogP contribution is 2.29. The SMILES string of the molecule is CCOC(=O)C1CCN(C(=O)c2cnn(-c3ccc(C(F)(F)F)cn3)c2C)CC1. The first-order valence-corrected chi connectivity index (χ1v) is 9.26. The summed E-state index contributed by atoms with van der Waals surface area (Å²) in [7, 11) is 0. The van der Waals surface area contributed by atoms with Crippen LogP contribution in [0.15, 0.2) is 24.5 Å². The highest BCUT2D eigenvalue weighted by molar-refractivity contribution is 5.95. The number of amides is 1. The molecule has 0 unspecified atom stereocenters. The van der Waals surface area contributed by atoms with Gasteiger partial charge < -0.3 is 9.64 Å². The van der Waals surface area contributed by atoms with E-state index in [-0.39, 0.29) is 23.6 Å². The fourth-order valence-corrected chi connectivity index (χ4v) is 3.28. The molecule has 3 rings (SSSR count). The van der Waals surface area contributed by atoms with Crippen LogP contribution in [0.25, 0.3) is 5.82 Å². The summed E-state index contributed by atoms with van der Waals surface area (Å²) in [5.41, 5.74) is -0.0251. The van der Waals surface area contributed by atoms with Gasteiger partial charge in [-0.25, -0.2) is 9.67 Å². The Morgan fingerprint density at radius 2 is 1.90 bits per heavy atom. The third-order valence-electron chi connectivity index (χ3n) is 4.93. The van der Waals surface area contributed by atoms with Gasteiger partial charge >= 0.3 is 12.1 Å². The molecule has 1 aliphatic heterocycles. The first-order chi connectivity index (χ1) is 13.7. The zero-order chi connectivity index (χ0) is 21.2. The number of likely N-dealkylation sites (tertiary alicyclic amines) is 1. The number of hydrogen-bond acceptors (Lipinski definition) is 5. The molecule has 1 saturated heterocycles. The van der Waals surface area contributed by atoms with Gasteiger partial charge in [0.05, 0.1) is 35.5 Å². The van der Waals surface area contributed by atoms with Crippen LogP contribution >= 0.6 is 0 Å². The van der Waals surface area contributed by atoms with E-state index in [1.165, 1.54) is 16.9 Å². The van der Waals surface area contributed by atoms with Crippen LogP contribution in [0, 0.1) is 12.8 Å². The Bertz CT molecular complexity index is 885. The Kier molecular flexibility index (Phi) is 5.90. The van der Waals surface area contributed by atoms with Crippen molar-refractivity contribution < 1.29 is 27.5 Å². The molecule has 2 aromatic heterocycles. The molecule has 1 fully saturated rings. The number of pyridine rings is 1. The monoisotopic (exact) mass is 410 g/mol. The van der Waals surface area contributed by atoms with Gasteiger partial charge in [0, 0.05) is 19.3 Å². The van der Waals surface area contributed by atoms with Crippen molar-refractivity contribution in [2.75, 3.05) is 19.7 Å². The van der Waals surface area contributed by atoms with Gasteiger partial charge in [0.25, 0.3) is 5.91 Å². The number of aromatic nitrogens is 3. The average molecular weight is 410 g/mol. The number of hydrogen-bond donors (Lipinski definition) is 0. The van der Waals surface area contributed by atoms with Crippen molar-refractivity contribution in [1.82, 2.24) is 19.7 Å². The van der Waals surface area contributed by atoms with Crippen LogP contribution in [0.4, 0.5) is 13.2 Å². The summed E-state index contributed by atoms with van der Waals surface area (Å²) < 4.78 is 44.4. The molecule has 156 valence electrons. The predicted molar refractivity (Wildman–Crippen MR) is 96.4 cm³/mol. The smallest absolute Gasteiger partial charge is 0.417 e. The van der Waals surface area contributed by atoms with Crippen molar-refractivity contribution in [2.24, 2.45) is 5.92 Å². The van der Waals surface area contributed by atoms with Crippen molar-refractivity contribution >= 4 is 11.9 Å². The van der Waals surface area contributed by atoms with Crippen LogP contribution in [0.1, 0.15) is 41.4 Å². The van der Waals surface area contributed by atoms with Crippen molar-refractivity contribution in [3.05, 3.63) is 41.3 Å². The lowest BCUT2D eigenvalue weighted by atomic mass is 9.96. The molecule has 7 nitrogen and oxygen atoms in total. The van der Waals surface area contributed by atoms with Crippen LogP contribution in [0.2, 0.25) is 0 Å². The number of halogens is 3.